The molecule has 0 aromatic heterocycles. The number of phenolic OH excluding ortho intramolecular Hbond substituents is 1. The molecule has 36 heavy (non-hydrogen) atoms. The standard InChI is InChI=1S/C22H33N5O8S/c1-36-9-8-15(25-19(31)14(23)11-28)20(32)27-17(10-12-2-4-13(29)5-3-12)21(33)26-16(22(34)35)6-7-18(24)30/h2-5,14-17,28-29H,6-11,23H2,1H3,(H2,24,30)(H,25,31)(H,26,33)(H,27,32)(H,34,35). The number of aliphatic hydroxyl groups is 1. The lowest BCUT2D eigenvalue weighted by Gasteiger charge is -2.25. The minimum absolute atomic E-state index is 0.0127. The Labute approximate surface area is 212 Å². The first-order chi connectivity index (χ1) is 17.0. The van der Waals surface area contributed by atoms with Crippen LogP contribution in [0.4, 0.5) is 0 Å². The smallest absolute Gasteiger partial charge is 0.326 e. The Bertz CT molecular complexity index is 914. The number of benzene rings is 1. The van der Waals surface area contributed by atoms with Crippen molar-refractivity contribution in [3.63, 3.8) is 0 Å². The molecule has 200 valence electrons. The van der Waals surface area contributed by atoms with Crippen molar-refractivity contribution in [1.82, 2.24) is 16.0 Å². The van der Waals surface area contributed by atoms with Gasteiger partial charge in [0.2, 0.25) is 23.6 Å². The van der Waals surface area contributed by atoms with Crippen LogP contribution in [-0.4, -0.2) is 87.7 Å². The van der Waals surface area contributed by atoms with Gasteiger partial charge in [-0.3, -0.25) is 19.2 Å². The molecule has 14 heteroatoms. The summed E-state index contributed by atoms with van der Waals surface area (Å²) in [6, 6.07) is 0.799. The summed E-state index contributed by atoms with van der Waals surface area (Å²) in [5, 5.41) is 35.3. The van der Waals surface area contributed by atoms with E-state index in [4.69, 9.17) is 16.6 Å². The molecule has 0 saturated heterocycles. The lowest BCUT2D eigenvalue weighted by Crippen LogP contribution is -2.58. The molecule has 1 aromatic rings. The number of aromatic hydroxyl groups is 1. The number of aliphatic carboxylic acids is 1. The number of carboxylic acids is 1. The summed E-state index contributed by atoms with van der Waals surface area (Å²) in [5.41, 5.74) is 11.1. The van der Waals surface area contributed by atoms with Gasteiger partial charge in [0, 0.05) is 12.8 Å². The largest absolute Gasteiger partial charge is 0.508 e. The highest BCUT2D eigenvalue weighted by Crippen LogP contribution is 2.12. The molecule has 4 amide bonds. The van der Waals surface area contributed by atoms with E-state index in [-0.39, 0.29) is 31.4 Å². The van der Waals surface area contributed by atoms with Crippen molar-refractivity contribution in [2.24, 2.45) is 11.5 Å². The maximum absolute atomic E-state index is 13.1. The first-order valence-electron chi connectivity index (χ1n) is 11.0. The van der Waals surface area contributed by atoms with Crippen LogP contribution in [0.1, 0.15) is 24.8 Å². The first-order valence-corrected chi connectivity index (χ1v) is 12.4. The average molecular weight is 528 g/mol. The Morgan fingerprint density at radius 3 is 2.00 bits per heavy atom. The van der Waals surface area contributed by atoms with Gasteiger partial charge in [-0.2, -0.15) is 11.8 Å². The molecular weight excluding hydrogens is 494 g/mol. The zero-order chi connectivity index (χ0) is 27.3. The number of thioether (sulfide) groups is 1. The second-order valence-electron chi connectivity index (χ2n) is 7.97. The molecule has 0 aliphatic heterocycles. The molecule has 4 atom stereocenters. The molecule has 1 rings (SSSR count). The van der Waals surface area contributed by atoms with Crippen molar-refractivity contribution in [2.75, 3.05) is 18.6 Å². The number of primary amides is 1. The number of hydrogen-bond acceptors (Lipinski definition) is 9. The number of rotatable bonds is 16. The maximum atomic E-state index is 13.1. The van der Waals surface area contributed by atoms with Gasteiger partial charge in [0.25, 0.3) is 0 Å². The second-order valence-corrected chi connectivity index (χ2v) is 8.95. The molecule has 0 spiro atoms. The zero-order valence-electron chi connectivity index (χ0n) is 19.8. The van der Waals surface area contributed by atoms with E-state index in [0.29, 0.717) is 11.3 Å². The average Bonchev–Trinajstić information content (AvgIpc) is 2.83. The number of aliphatic hydroxyl groups excluding tert-OH is 1. The van der Waals surface area contributed by atoms with Gasteiger partial charge in [-0.25, -0.2) is 4.79 Å². The van der Waals surface area contributed by atoms with E-state index < -0.39 is 60.4 Å². The summed E-state index contributed by atoms with van der Waals surface area (Å²) < 4.78 is 0. The molecule has 0 bridgehead atoms. The van der Waals surface area contributed by atoms with Crippen LogP contribution < -0.4 is 27.4 Å². The van der Waals surface area contributed by atoms with Gasteiger partial charge in [-0.1, -0.05) is 12.1 Å². The molecule has 4 unspecified atom stereocenters. The Hall–Kier alpha value is -3.36. The fourth-order valence-electron chi connectivity index (χ4n) is 3.03. The van der Waals surface area contributed by atoms with E-state index in [9.17, 15) is 34.2 Å². The highest BCUT2D eigenvalue weighted by Gasteiger charge is 2.30. The topological polar surface area (TPSA) is 234 Å². The molecule has 0 heterocycles. The Morgan fingerprint density at radius 2 is 1.47 bits per heavy atom. The fraction of sp³-hybridized carbons (Fsp3) is 0.500. The highest BCUT2D eigenvalue weighted by molar-refractivity contribution is 7.98. The Balaban J connectivity index is 3.13. The Kier molecular flexibility index (Phi) is 13.3. The normalized spacial score (nSPS) is 14.1. The monoisotopic (exact) mass is 527 g/mol. The number of carbonyl (C=O) groups excluding carboxylic acids is 4. The molecule has 0 aliphatic carbocycles. The van der Waals surface area contributed by atoms with Crippen LogP contribution in [0, 0.1) is 0 Å². The van der Waals surface area contributed by atoms with Gasteiger partial charge < -0.3 is 42.7 Å². The third-order valence-electron chi connectivity index (χ3n) is 5.08. The summed E-state index contributed by atoms with van der Waals surface area (Å²) in [6.07, 6.45) is 1.40. The number of nitrogens with one attached hydrogen (secondary N) is 3. The van der Waals surface area contributed by atoms with Gasteiger partial charge in [0.05, 0.1) is 6.61 Å². The van der Waals surface area contributed by atoms with Crippen molar-refractivity contribution in [3.05, 3.63) is 29.8 Å². The van der Waals surface area contributed by atoms with Crippen LogP contribution in [0.5, 0.6) is 5.75 Å². The number of amides is 4. The van der Waals surface area contributed by atoms with Crippen molar-refractivity contribution in [3.8, 4) is 5.75 Å². The van der Waals surface area contributed by atoms with Crippen molar-refractivity contribution >= 4 is 41.4 Å². The number of carbonyl (C=O) groups is 5. The van der Waals surface area contributed by atoms with Crippen LogP contribution in [0.2, 0.25) is 0 Å². The predicted molar refractivity (Wildman–Crippen MR) is 132 cm³/mol. The summed E-state index contributed by atoms with van der Waals surface area (Å²) in [6.45, 7) is -0.629. The van der Waals surface area contributed by atoms with Gasteiger partial charge >= 0.3 is 5.97 Å². The van der Waals surface area contributed by atoms with E-state index in [2.05, 4.69) is 16.0 Å². The third kappa shape index (κ3) is 10.9. The maximum Gasteiger partial charge on any atom is 0.326 e. The van der Waals surface area contributed by atoms with Gasteiger partial charge in [0.1, 0.15) is 29.9 Å². The van der Waals surface area contributed by atoms with Gasteiger partial charge in [-0.05, 0) is 42.5 Å². The fourth-order valence-corrected chi connectivity index (χ4v) is 3.50. The highest BCUT2D eigenvalue weighted by atomic mass is 32.2. The van der Waals surface area contributed by atoms with Crippen molar-refractivity contribution < 1.29 is 39.3 Å². The second kappa shape index (κ2) is 15.6. The van der Waals surface area contributed by atoms with Crippen LogP contribution in [-0.2, 0) is 30.4 Å². The Morgan fingerprint density at radius 1 is 0.917 bits per heavy atom. The van der Waals surface area contributed by atoms with Gasteiger partial charge in [0.15, 0.2) is 0 Å². The van der Waals surface area contributed by atoms with E-state index in [1.807, 2.05) is 0 Å². The number of phenols is 1. The lowest BCUT2D eigenvalue weighted by molar-refractivity contribution is -0.142. The van der Waals surface area contributed by atoms with E-state index >= 15 is 0 Å². The third-order valence-corrected chi connectivity index (χ3v) is 5.72. The molecule has 10 N–H and O–H groups in total. The van der Waals surface area contributed by atoms with Crippen molar-refractivity contribution in [2.45, 2.75) is 49.9 Å². The van der Waals surface area contributed by atoms with Crippen molar-refractivity contribution in [1.29, 1.82) is 0 Å². The van der Waals surface area contributed by atoms with Crippen LogP contribution in [0.15, 0.2) is 24.3 Å². The van der Waals surface area contributed by atoms with Crippen LogP contribution in [0.25, 0.3) is 0 Å². The molecule has 0 fully saturated rings. The predicted octanol–water partition coefficient (Wildman–Crippen LogP) is -2.19. The molecule has 0 saturated carbocycles. The minimum atomic E-state index is -1.43. The quantitative estimate of drug-likeness (QED) is 0.116. The van der Waals surface area contributed by atoms with Crippen LogP contribution in [0.3, 0.4) is 0 Å². The molecule has 1 aromatic carbocycles. The summed E-state index contributed by atoms with van der Waals surface area (Å²) >= 11 is 1.42. The molecule has 13 nitrogen and oxygen atoms in total. The minimum Gasteiger partial charge on any atom is -0.508 e. The zero-order valence-corrected chi connectivity index (χ0v) is 20.6. The van der Waals surface area contributed by atoms with E-state index in [1.165, 1.54) is 36.0 Å². The lowest BCUT2D eigenvalue weighted by atomic mass is 10.0. The summed E-state index contributed by atoms with van der Waals surface area (Å²) in [4.78, 5) is 60.9. The van der Waals surface area contributed by atoms with E-state index in [1.54, 1.807) is 6.26 Å². The SMILES string of the molecule is CSCCC(NC(=O)C(N)CO)C(=O)NC(Cc1ccc(O)cc1)C(=O)NC(CCC(N)=O)C(=O)O. The summed E-state index contributed by atoms with van der Waals surface area (Å²) in [7, 11) is 0. The summed E-state index contributed by atoms with van der Waals surface area (Å²) in [5.74, 6) is -3.96. The first kappa shape index (κ1) is 30.7. The van der Waals surface area contributed by atoms with Gasteiger partial charge in [-0.15, -0.1) is 0 Å². The number of hydrogen-bond donors (Lipinski definition) is 8. The molecular formula is C22H33N5O8S. The molecule has 0 aliphatic rings. The molecule has 0 radical (unpaired) electrons. The number of nitrogens with two attached hydrogens (primary N) is 2. The van der Waals surface area contributed by atoms with Crippen LogP contribution >= 0.6 is 11.8 Å². The van der Waals surface area contributed by atoms with E-state index in [0.717, 1.165) is 0 Å². The number of carboxylic acid groups (broad SMARTS) is 1.